The highest BCUT2D eigenvalue weighted by atomic mass is 16.5. The van der Waals surface area contributed by atoms with Gasteiger partial charge in [0.05, 0.1) is 6.61 Å². The monoisotopic (exact) mass is 145 g/mol. The quantitative estimate of drug-likeness (QED) is 0.412. The van der Waals surface area contributed by atoms with Gasteiger partial charge in [-0.2, -0.15) is 0 Å². The van der Waals surface area contributed by atoms with E-state index in [1.165, 1.54) is 0 Å². The van der Waals surface area contributed by atoms with E-state index in [1.54, 1.807) is 6.92 Å². The van der Waals surface area contributed by atoms with Gasteiger partial charge in [-0.1, -0.05) is 0 Å². The van der Waals surface area contributed by atoms with E-state index >= 15 is 0 Å². The van der Waals surface area contributed by atoms with Gasteiger partial charge in [0.2, 0.25) is 6.10 Å². The molecule has 57 valence electrons. The van der Waals surface area contributed by atoms with E-state index in [1.807, 2.05) is 0 Å². The van der Waals surface area contributed by atoms with Crippen molar-refractivity contribution in [2.75, 3.05) is 6.61 Å². The first-order chi connectivity index (χ1) is 4.59. The summed E-state index contributed by atoms with van der Waals surface area (Å²) < 4.78 is 4.29. The molecule has 1 radical (unpaired) electrons. The first-order valence-electron chi connectivity index (χ1n) is 2.92. The Kier molecular flexibility index (Phi) is 3.64. The third-order valence-corrected chi connectivity index (χ3v) is 0.870. The molecule has 1 unspecified atom stereocenters. The van der Waals surface area contributed by atoms with Crippen LogP contribution in [0.15, 0.2) is 0 Å². The largest absolute Gasteiger partial charge is 0.464 e. The van der Waals surface area contributed by atoms with Gasteiger partial charge >= 0.3 is 5.97 Å². The van der Waals surface area contributed by atoms with Gasteiger partial charge in [0.25, 0.3) is 0 Å². The van der Waals surface area contributed by atoms with Gasteiger partial charge in [-0.3, -0.25) is 4.79 Å². The van der Waals surface area contributed by atoms with Crippen molar-refractivity contribution in [1.29, 1.82) is 0 Å². The van der Waals surface area contributed by atoms with Crippen molar-refractivity contribution in [1.82, 2.24) is 0 Å². The molecule has 0 aliphatic carbocycles. The maximum atomic E-state index is 10.5. The number of Topliss-reactive ketones (excluding diaryl/α,β-unsaturated/α-hetero) is 1. The summed E-state index contributed by atoms with van der Waals surface area (Å²) in [5.41, 5.74) is 0. The van der Waals surface area contributed by atoms with Gasteiger partial charge < -0.3 is 4.74 Å². The van der Waals surface area contributed by atoms with E-state index in [2.05, 4.69) is 4.74 Å². The molecule has 0 saturated heterocycles. The number of esters is 1. The summed E-state index contributed by atoms with van der Waals surface area (Å²) >= 11 is 0. The predicted molar refractivity (Wildman–Crippen MR) is 31.8 cm³/mol. The molecular weight excluding hydrogens is 136 g/mol. The van der Waals surface area contributed by atoms with E-state index in [9.17, 15) is 14.7 Å². The predicted octanol–water partition coefficient (Wildman–Crippen LogP) is -0.0624. The molecule has 0 saturated carbocycles. The molecule has 4 heteroatoms. The minimum absolute atomic E-state index is 0.130. The molecular formula is C6H9O4. The number of rotatable bonds is 3. The maximum absolute atomic E-state index is 10.5. The van der Waals surface area contributed by atoms with Crippen LogP contribution in [0.4, 0.5) is 0 Å². The Morgan fingerprint density at radius 1 is 1.50 bits per heavy atom. The molecule has 0 aromatic rings. The van der Waals surface area contributed by atoms with Gasteiger partial charge in [-0.15, -0.1) is 0 Å². The van der Waals surface area contributed by atoms with Gasteiger partial charge in [-0.05, 0) is 13.8 Å². The number of carbonyl (C=O) groups is 2. The van der Waals surface area contributed by atoms with E-state index in [4.69, 9.17) is 0 Å². The highest BCUT2D eigenvalue weighted by Crippen LogP contribution is 1.90. The molecule has 4 nitrogen and oxygen atoms in total. The topological polar surface area (TPSA) is 63.3 Å². The fourth-order valence-corrected chi connectivity index (χ4v) is 0.384. The van der Waals surface area contributed by atoms with Crippen molar-refractivity contribution in [2.24, 2.45) is 0 Å². The Morgan fingerprint density at radius 2 is 2.00 bits per heavy atom. The highest BCUT2D eigenvalue weighted by Gasteiger charge is 2.22. The molecule has 0 aromatic carbocycles. The SMILES string of the molecule is CCOC(=O)C([O])C(C)=O. The molecule has 0 heterocycles. The fourth-order valence-electron chi connectivity index (χ4n) is 0.384. The zero-order chi connectivity index (χ0) is 8.15. The first kappa shape index (κ1) is 9.10. The van der Waals surface area contributed by atoms with Crippen molar-refractivity contribution in [2.45, 2.75) is 20.0 Å². The van der Waals surface area contributed by atoms with Gasteiger partial charge in [0.1, 0.15) is 0 Å². The minimum Gasteiger partial charge on any atom is -0.464 e. The van der Waals surface area contributed by atoms with Crippen molar-refractivity contribution in [3.8, 4) is 0 Å². The summed E-state index contributed by atoms with van der Waals surface area (Å²) in [6.07, 6.45) is -1.86. The summed E-state index contributed by atoms with van der Waals surface area (Å²) in [7, 11) is 0. The van der Waals surface area contributed by atoms with Crippen LogP contribution in [0.5, 0.6) is 0 Å². The van der Waals surface area contributed by atoms with Crippen LogP contribution in [0.1, 0.15) is 13.8 Å². The molecule has 0 rings (SSSR count). The van der Waals surface area contributed by atoms with Crippen LogP contribution >= 0.6 is 0 Å². The Bertz CT molecular complexity index is 141. The smallest absolute Gasteiger partial charge is 0.346 e. The molecule has 0 aromatic heterocycles. The van der Waals surface area contributed by atoms with Gasteiger partial charge in [0.15, 0.2) is 5.78 Å². The van der Waals surface area contributed by atoms with Gasteiger partial charge in [0, 0.05) is 0 Å². The highest BCUT2D eigenvalue weighted by molar-refractivity contribution is 6.00. The lowest BCUT2D eigenvalue weighted by atomic mass is 10.3. The zero-order valence-corrected chi connectivity index (χ0v) is 5.92. The summed E-state index contributed by atoms with van der Waals surface area (Å²) in [5.74, 6) is -1.70. The van der Waals surface area contributed by atoms with Crippen LogP contribution in [0.2, 0.25) is 0 Å². The van der Waals surface area contributed by atoms with Crippen molar-refractivity contribution in [3.05, 3.63) is 0 Å². The Hall–Kier alpha value is -0.900. The van der Waals surface area contributed by atoms with Crippen molar-refractivity contribution < 1.29 is 19.4 Å². The van der Waals surface area contributed by atoms with Crippen LogP contribution in [0.3, 0.4) is 0 Å². The summed E-state index contributed by atoms with van der Waals surface area (Å²) in [4.78, 5) is 20.7. The minimum atomic E-state index is -1.86. The molecule has 1 atom stereocenters. The Balaban J connectivity index is 3.82. The standard InChI is InChI=1S/C6H9O4/c1-3-10-6(9)5(8)4(2)7/h5H,3H2,1-2H3. The molecule has 0 amide bonds. The number of carbonyl (C=O) groups excluding carboxylic acids is 2. The molecule has 0 bridgehead atoms. The number of hydrogen-bond donors (Lipinski definition) is 0. The van der Waals surface area contributed by atoms with Gasteiger partial charge in [-0.25, -0.2) is 9.90 Å². The Morgan fingerprint density at radius 3 is 2.30 bits per heavy atom. The average Bonchev–Trinajstić information content (AvgIpc) is 1.87. The van der Waals surface area contributed by atoms with E-state index in [0.717, 1.165) is 6.92 Å². The molecule has 0 aliphatic rings. The van der Waals surface area contributed by atoms with Crippen LogP contribution in [0.25, 0.3) is 0 Å². The summed E-state index contributed by atoms with van der Waals surface area (Å²) in [6.45, 7) is 2.77. The molecule has 10 heavy (non-hydrogen) atoms. The maximum Gasteiger partial charge on any atom is 0.346 e. The second-order valence-electron chi connectivity index (χ2n) is 1.74. The lowest BCUT2D eigenvalue weighted by Gasteiger charge is -2.02. The second-order valence-corrected chi connectivity index (χ2v) is 1.74. The number of ketones is 1. The molecule has 0 fully saturated rings. The van der Waals surface area contributed by atoms with E-state index < -0.39 is 17.9 Å². The van der Waals surface area contributed by atoms with Crippen LogP contribution < -0.4 is 0 Å². The zero-order valence-electron chi connectivity index (χ0n) is 5.92. The number of ether oxygens (including phenoxy) is 1. The number of hydrogen-bond acceptors (Lipinski definition) is 3. The van der Waals surface area contributed by atoms with E-state index in [-0.39, 0.29) is 6.61 Å². The van der Waals surface area contributed by atoms with E-state index in [0.29, 0.717) is 0 Å². The van der Waals surface area contributed by atoms with Crippen LogP contribution in [0, 0.1) is 0 Å². The van der Waals surface area contributed by atoms with Crippen LogP contribution in [-0.4, -0.2) is 24.5 Å². The van der Waals surface area contributed by atoms with Crippen LogP contribution in [-0.2, 0) is 19.4 Å². The molecule has 0 aliphatic heterocycles. The van der Waals surface area contributed by atoms with Crippen molar-refractivity contribution in [3.63, 3.8) is 0 Å². The lowest BCUT2D eigenvalue weighted by Crippen LogP contribution is -2.28. The fraction of sp³-hybridized carbons (Fsp3) is 0.667. The summed E-state index contributed by atoms with van der Waals surface area (Å²) in [6, 6.07) is 0. The third-order valence-electron chi connectivity index (χ3n) is 0.870. The molecule has 0 spiro atoms. The third kappa shape index (κ3) is 2.59. The summed E-state index contributed by atoms with van der Waals surface area (Å²) in [5, 5.41) is 10.5. The Labute approximate surface area is 58.8 Å². The normalized spacial score (nSPS) is 12.3. The second kappa shape index (κ2) is 4.00. The average molecular weight is 145 g/mol. The van der Waals surface area contributed by atoms with Crippen molar-refractivity contribution >= 4 is 11.8 Å². The first-order valence-corrected chi connectivity index (χ1v) is 2.92. The molecule has 0 N–H and O–H groups in total. The lowest BCUT2D eigenvalue weighted by molar-refractivity contribution is -0.160.